The first-order valence-corrected chi connectivity index (χ1v) is 7.39. The lowest BCUT2D eigenvalue weighted by Gasteiger charge is -2.34. The number of rotatable bonds is 2. The normalized spacial score (nSPS) is 17.1. The highest BCUT2D eigenvalue weighted by molar-refractivity contribution is 5.78. The Bertz CT molecular complexity index is 654. The lowest BCUT2D eigenvalue weighted by molar-refractivity contribution is 0.310. The van der Waals surface area contributed by atoms with Crippen LogP contribution in [-0.2, 0) is 0 Å². The Morgan fingerprint density at radius 1 is 1.25 bits per heavy atom. The van der Waals surface area contributed by atoms with Gasteiger partial charge in [-0.15, -0.1) is 0 Å². The van der Waals surface area contributed by atoms with Gasteiger partial charge in [0.25, 0.3) is 5.56 Å². The number of hydrogen-bond donors (Lipinski definition) is 1. The van der Waals surface area contributed by atoms with Gasteiger partial charge in [0.05, 0.1) is 10.9 Å². The fourth-order valence-electron chi connectivity index (χ4n) is 3.00. The van der Waals surface area contributed by atoms with Crippen molar-refractivity contribution in [3.05, 3.63) is 34.6 Å². The fraction of sp³-hybridized carbons (Fsp3) is 0.500. The number of fused-ring (bicyclic) bond motifs is 1. The van der Waals surface area contributed by atoms with Gasteiger partial charge in [-0.25, -0.2) is 4.98 Å². The number of aromatic nitrogens is 2. The molecule has 0 saturated carbocycles. The molecule has 20 heavy (non-hydrogen) atoms. The molecule has 1 fully saturated rings. The molecule has 4 heteroatoms. The molecule has 0 aliphatic carbocycles. The van der Waals surface area contributed by atoms with Crippen LogP contribution in [0.2, 0.25) is 0 Å². The molecule has 0 spiro atoms. The van der Waals surface area contributed by atoms with Crippen LogP contribution in [0, 0.1) is 11.8 Å². The number of hydrogen-bond acceptors (Lipinski definition) is 3. The average Bonchev–Trinajstić information content (AvgIpc) is 2.47. The molecule has 1 aliphatic heterocycles. The van der Waals surface area contributed by atoms with Crippen LogP contribution in [0.15, 0.2) is 29.1 Å². The van der Waals surface area contributed by atoms with Gasteiger partial charge in [0, 0.05) is 13.1 Å². The predicted octanol–water partition coefficient (Wildman–Crippen LogP) is 2.80. The highest BCUT2D eigenvalue weighted by atomic mass is 16.1. The molecule has 106 valence electrons. The molecule has 1 saturated heterocycles. The maximum atomic E-state index is 12.1. The van der Waals surface area contributed by atoms with Gasteiger partial charge < -0.3 is 4.90 Å². The summed E-state index contributed by atoms with van der Waals surface area (Å²) in [5, 5.41) is 0.660. The van der Waals surface area contributed by atoms with Gasteiger partial charge >= 0.3 is 0 Å². The third-order valence-corrected chi connectivity index (χ3v) is 4.38. The van der Waals surface area contributed by atoms with Gasteiger partial charge in [-0.05, 0) is 36.8 Å². The summed E-state index contributed by atoms with van der Waals surface area (Å²) in [4.78, 5) is 21.8. The molecule has 1 aliphatic rings. The molecule has 0 radical (unpaired) electrons. The van der Waals surface area contributed by atoms with Gasteiger partial charge in [0.2, 0.25) is 5.95 Å². The first-order chi connectivity index (χ1) is 9.65. The minimum Gasteiger partial charge on any atom is -0.342 e. The van der Waals surface area contributed by atoms with Gasteiger partial charge in [-0.2, -0.15) is 0 Å². The minimum atomic E-state index is -0.0448. The van der Waals surface area contributed by atoms with Gasteiger partial charge in [-0.1, -0.05) is 26.0 Å². The third-order valence-electron chi connectivity index (χ3n) is 4.38. The van der Waals surface area contributed by atoms with Crippen LogP contribution in [0.1, 0.15) is 26.7 Å². The Kier molecular flexibility index (Phi) is 3.47. The van der Waals surface area contributed by atoms with E-state index in [-0.39, 0.29) is 5.56 Å². The van der Waals surface area contributed by atoms with Crippen LogP contribution in [-0.4, -0.2) is 23.1 Å². The Morgan fingerprint density at radius 3 is 2.65 bits per heavy atom. The highest BCUT2D eigenvalue weighted by Gasteiger charge is 2.23. The molecular weight excluding hydrogens is 250 g/mol. The Labute approximate surface area is 118 Å². The molecule has 0 unspecified atom stereocenters. The smallest absolute Gasteiger partial charge is 0.260 e. The lowest BCUT2D eigenvalue weighted by atomic mass is 9.87. The molecule has 1 N–H and O–H groups in total. The van der Waals surface area contributed by atoms with Crippen molar-refractivity contribution in [3.8, 4) is 0 Å². The van der Waals surface area contributed by atoms with Crippen LogP contribution in [0.3, 0.4) is 0 Å². The molecule has 2 aromatic rings. The van der Waals surface area contributed by atoms with Crippen molar-refractivity contribution in [2.24, 2.45) is 11.8 Å². The minimum absolute atomic E-state index is 0.0448. The zero-order valence-electron chi connectivity index (χ0n) is 12.1. The van der Waals surface area contributed by atoms with E-state index in [1.54, 1.807) is 0 Å². The summed E-state index contributed by atoms with van der Waals surface area (Å²) in [5.41, 5.74) is 0.730. The maximum Gasteiger partial charge on any atom is 0.260 e. The lowest BCUT2D eigenvalue weighted by Crippen LogP contribution is -2.37. The largest absolute Gasteiger partial charge is 0.342 e. The molecule has 0 amide bonds. The van der Waals surface area contributed by atoms with Crippen molar-refractivity contribution >= 4 is 16.9 Å². The van der Waals surface area contributed by atoms with E-state index < -0.39 is 0 Å². The van der Waals surface area contributed by atoms with E-state index in [0.717, 1.165) is 36.4 Å². The molecule has 4 nitrogen and oxygen atoms in total. The van der Waals surface area contributed by atoms with Crippen LogP contribution in [0.5, 0.6) is 0 Å². The molecule has 1 aromatic carbocycles. The quantitative estimate of drug-likeness (QED) is 0.913. The van der Waals surface area contributed by atoms with E-state index in [0.29, 0.717) is 5.39 Å². The molecule has 0 atom stereocenters. The second kappa shape index (κ2) is 5.27. The van der Waals surface area contributed by atoms with E-state index in [1.165, 1.54) is 12.8 Å². The topological polar surface area (TPSA) is 49.0 Å². The van der Waals surface area contributed by atoms with Gasteiger partial charge in [-0.3, -0.25) is 9.78 Å². The molecule has 3 rings (SSSR count). The van der Waals surface area contributed by atoms with Crippen molar-refractivity contribution in [3.63, 3.8) is 0 Å². The number of nitrogens with zero attached hydrogens (tertiary/aromatic N) is 2. The van der Waals surface area contributed by atoms with Crippen molar-refractivity contribution in [1.82, 2.24) is 9.97 Å². The molecular formula is C16H21N3O. The molecule has 2 heterocycles. The SMILES string of the molecule is CC(C)C1CCN(c2nc3ccccc3c(=O)[nH]2)CC1. The Balaban J connectivity index is 1.87. The number of anilines is 1. The Morgan fingerprint density at radius 2 is 1.95 bits per heavy atom. The van der Waals surface area contributed by atoms with Crippen LogP contribution in [0.25, 0.3) is 10.9 Å². The van der Waals surface area contributed by atoms with Crippen molar-refractivity contribution in [2.75, 3.05) is 18.0 Å². The summed E-state index contributed by atoms with van der Waals surface area (Å²) in [5.74, 6) is 2.25. The first-order valence-electron chi connectivity index (χ1n) is 7.39. The second-order valence-corrected chi connectivity index (χ2v) is 5.98. The van der Waals surface area contributed by atoms with Crippen LogP contribution in [0.4, 0.5) is 5.95 Å². The molecule has 1 aromatic heterocycles. The van der Waals surface area contributed by atoms with Gasteiger partial charge in [0.1, 0.15) is 0 Å². The number of aromatic amines is 1. The summed E-state index contributed by atoms with van der Waals surface area (Å²) in [6.45, 7) is 6.53. The fourth-order valence-corrected chi connectivity index (χ4v) is 3.00. The van der Waals surface area contributed by atoms with Crippen molar-refractivity contribution in [2.45, 2.75) is 26.7 Å². The Hall–Kier alpha value is -1.84. The monoisotopic (exact) mass is 271 g/mol. The van der Waals surface area contributed by atoms with Crippen molar-refractivity contribution < 1.29 is 0 Å². The second-order valence-electron chi connectivity index (χ2n) is 5.98. The number of H-pyrrole nitrogens is 1. The first kappa shape index (κ1) is 13.2. The van der Waals surface area contributed by atoms with E-state index in [9.17, 15) is 4.79 Å². The zero-order valence-corrected chi connectivity index (χ0v) is 12.1. The van der Waals surface area contributed by atoms with E-state index in [1.807, 2.05) is 24.3 Å². The zero-order chi connectivity index (χ0) is 14.1. The van der Waals surface area contributed by atoms with Crippen LogP contribution < -0.4 is 10.5 Å². The summed E-state index contributed by atoms with van der Waals surface area (Å²) in [6, 6.07) is 7.50. The van der Waals surface area contributed by atoms with Crippen molar-refractivity contribution in [1.29, 1.82) is 0 Å². The van der Waals surface area contributed by atoms with E-state index in [4.69, 9.17) is 0 Å². The maximum absolute atomic E-state index is 12.1. The summed E-state index contributed by atoms with van der Waals surface area (Å²) < 4.78 is 0. The predicted molar refractivity (Wildman–Crippen MR) is 82.1 cm³/mol. The number of nitrogens with one attached hydrogen (secondary N) is 1. The van der Waals surface area contributed by atoms with Crippen LogP contribution >= 0.6 is 0 Å². The average molecular weight is 271 g/mol. The summed E-state index contributed by atoms with van der Waals surface area (Å²) >= 11 is 0. The summed E-state index contributed by atoms with van der Waals surface area (Å²) in [7, 11) is 0. The third kappa shape index (κ3) is 2.42. The van der Waals surface area contributed by atoms with Gasteiger partial charge in [0.15, 0.2) is 0 Å². The van der Waals surface area contributed by atoms with E-state index >= 15 is 0 Å². The standard InChI is InChI=1S/C16H21N3O/c1-11(2)12-7-9-19(10-8-12)16-17-14-6-4-3-5-13(14)15(20)18-16/h3-6,11-12H,7-10H2,1-2H3,(H,17,18,20). The summed E-state index contributed by atoms with van der Waals surface area (Å²) in [6.07, 6.45) is 2.35. The highest BCUT2D eigenvalue weighted by Crippen LogP contribution is 2.26. The number of benzene rings is 1. The van der Waals surface area contributed by atoms with E-state index in [2.05, 4.69) is 28.7 Å². The number of piperidine rings is 1. The number of para-hydroxylation sites is 1. The molecule has 0 bridgehead atoms.